The Bertz CT molecular complexity index is 462. The number of nitrogens with one attached hydrogen (secondary N) is 1. The molecule has 5 heteroatoms. The molecule has 1 heterocycles. The van der Waals surface area contributed by atoms with Gasteiger partial charge in [-0.2, -0.15) is 0 Å². The summed E-state index contributed by atoms with van der Waals surface area (Å²) in [4.78, 5) is 11.3. The second-order valence-electron chi connectivity index (χ2n) is 4.81. The third kappa shape index (κ3) is 2.36. The van der Waals surface area contributed by atoms with Gasteiger partial charge in [0.15, 0.2) is 0 Å². The fraction of sp³-hybridized carbons (Fsp3) is 0.417. The number of alkyl carbamates (subject to hydrolysis) is 1. The van der Waals surface area contributed by atoms with Crippen molar-refractivity contribution in [1.82, 2.24) is 5.32 Å². The Labute approximate surface area is 104 Å². The zero-order valence-corrected chi connectivity index (χ0v) is 10.3. The average molecular weight is 258 g/mol. The van der Waals surface area contributed by atoms with E-state index in [2.05, 4.69) is 5.32 Å². The van der Waals surface area contributed by atoms with Crippen LogP contribution in [0.25, 0.3) is 0 Å². The Morgan fingerprint density at radius 1 is 1.53 bits per heavy atom. The zero-order chi connectivity index (χ0) is 12.6. The minimum absolute atomic E-state index is 0.274. The van der Waals surface area contributed by atoms with Gasteiger partial charge in [-0.15, -0.1) is 0 Å². The fourth-order valence-electron chi connectivity index (χ4n) is 1.92. The number of cyclic esters (lactones) is 1. The van der Waals surface area contributed by atoms with Crippen LogP contribution in [0.1, 0.15) is 25.5 Å². The second-order valence-corrected chi connectivity index (χ2v) is 5.22. The van der Waals surface area contributed by atoms with E-state index in [0.717, 1.165) is 0 Å². The van der Waals surface area contributed by atoms with E-state index in [1.54, 1.807) is 0 Å². The molecule has 0 unspecified atom stereocenters. The van der Waals surface area contributed by atoms with Gasteiger partial charge in [0.05, 0.1) is 6.04 Å². The van der Waals surface area contributed by atoms with Crippen LogP contribution in [0.15, 0.2) is 18.2 Å². The first-order chi connectivity index (χ1) is 7.90. The lowest BCUT2D eigenvalue weighted by Crippen LogP contribution is -2.47. The first-order valence-corrected chi connectivity index (χ1v) is 5.66. The fourth-order valence-corrected chi connectivity index (χ4v) is 2.15. The maximum atomic E-state index is 13.2. The highest BCUT2D eigenvalue weighted by Gasteiger charge is 2.38. The number of ether oxygens (including phenoxy) is 1. The summed E-state index contributed by atoms with van der Waals surface area (Å²) in [6.07, 6.45) is -0.505. The number of carbonyl (C=O) groups excluding carboxylic acids is 1. The molecule has 0 aromatic heterocycles. The largest absolute Gasteiger partial charge is 0.449 e. The summed E-state index contributed by atoms with van der Waals surface area (Å²) in [6, 6.07) is 3.77. The number of hydrogen-bond donors (Lipinski definition) is 1. The maximum Gasteiger partial charge on any atom is 0.407 e. The van der Waals surface area contributed by atoms with Gasteiger partial charge in [-0.1, -0.05) is 25.4 Å². The van der Waals surface area contributed by atoms with Crippen molar-refractivity contribution in [2.45, 2.75) is 19.9 Å². The van der Waals surface area contributed by atoms with Crippen molar-refractivity contribution in [2.24, 2.45) is 5.41 Å². The normalized spacial score (nSPS) is 22.8. The minimum Gasteiger partial charge on any atom is -0.449 e. The molecule has 1 atom stereocenters. The topological polar surface area (TPSA) is 38.3 Å². The van der Waals surface area contributed by atoms with Gasteiger partial charge in [0.2, 0.25) is 0 Å². The Morgan fingerprint density at radius 3 is 2.94 bits per heavy atom. The van der Waals surface area contributed by atoms with E-state index < -0.39 is 6.09 Å². The van der Waals surface area contributed by atoms with Crippen molar-refractivity contribution < 1.29 is 13.9 Å². The third-order valence-electron chi connectivity index (χ3n) is 2.89. The highest BCUT2D eigenvalue weighted by molar-refractivity contribution is 6.31. The van der Waals surface area contributed by atoms with Gasteiger partial charge < -0.3 is 10.1 Å². The number of benzene rings is 1. The number of hydrogen-bond acceptors (Lipinski definition) is 2. The molecule has 92 valence electrons. The Kier molecular flexibility index (Phi) is 3.00. The Hall–Kier alpha value is -1.29. The minimum atomic E-state index is -0.505. The predicted molar refractivity (Wildman–Crippen MR) is 62.4 cm³/mol. The summed E-state index contributed by atoms with van der Waals surface area (Å²) in [6.45, 7) is 4.13. The number of rotatable bonds is 1. The monoisotopic (exact) mass is 257 g/mol. The lowest BCUT2D eigenvalue weighted by atomic mass is 9.80. The van der Waals surface area contributed by atoms with Gasteiger partial charge in [-0.25, -0.2) is 9.18 Å². The summed E-state index contributed by atoms with van der Waals surface area (Å²) in [5.41, 5.74) is 0.235. The van der Waals surface area contributed by atoms with Crippen LogP contribution in [0.5, 0.6) is 0 Å². The molecule has 0 spiro atoms. The molecule has 1 N–H and O–H groups in total. The molecule has 1 fully saturated rings. The van der Waals surface area contributed by atoms with Crippen molar-refractivity contribution in [3.63, 3.8) is 0 Å². The lowest BCUT2D eigenvalue weighted by Gasteiger charge is -2.38. The maximum absolute atomic E-state index is 13.2. The van der Waals surface area contributed by atoms with Crippen molar-refractivity contribution >= 4 is 17.7 Å². The van der Waals surface area contributed by atoms with Crippen LogP contribution in [0.3, 0.4) is 0 Å². The van der Waals surface area contributed by atoms with Crippen LogP contribution >= 0.6 is 11.6 Å². The molecule has 1 saturated heterocycles. The summed E-state index contributed by atoms with van der Waals surface area (Å²) < 4.78 is 18.2. The molecule has 1 aliphatic heterocycles. The van der Waals surface area contributed by atoms with E-state index in [1.807, 2.05) is 13.8 Å². The van der Waals surface area contributed by atoms with Gasteiger partial charge in [-0.05, 0) is 23.8 Å². The Morgan fingerprint density at radius 2 is 2.24 bits per heavy atom. The van der Waals surface area contributed by atoms with E-state index in [9.17, 15) is 9.18 Å². The molecule has 1 aromatic rings. The molecule has 3 nitrogen and oxygen atoms in total. The number of amides is 1. The van der Waals surface area contributed by atoms with Crippen molar-refractivity contribution in [1.29, 1.82) is 0 Å². The SMILES string of the molecule is CC1(C)COC(=O)N[C@H]1c1cc(F)ccc1Cl. The van der Waals surface area contributed by atoms with Gasteiger partial charge in [0.1, 0.15) is 12.4 Å². The van der Waals surface area contributed by atoms with Crippen molar-refractivity contribution in [2.75, 3.05) is 6.61 Å². The third-order valence-corrected chi connectivity index (χ3v) is 3.23. The van der Waals surface area contributed by atoms with E-state index in [0.29, 0.717) is 10.6 Å². The molecule has 1 amide bonds. The molecule has 0 saturated carbocycles. The smallest absolute Gasteiger partial charge is 0.407 e. The van der Waals surface area contributed by atoms with E-state index in [4.69, 9.17) is 16.3 Å². The average Bonchev–Trinajstić information content (AvgIpc) is 2.26. The second kappa shape index (κ2) is 4.18. The van der Waals surface area contributed by atoms with E-state index in [1.165, 1.54) is 18.2 Å². The zero-order valence-electron chi connectivity index (χ0n) is 9.59. The first kappa shape index (κ1) is 12.2. The van der Waals surface area contributed by atoms with Gasteiger partial charge >= 0.3 is 6.09 Å². The lowest BCUT2D eigenvalue weighted by molar-refractivity contribution is 0.0387. The predicted octanol–water partition coefficient (Wildman–Crippen LogP) is 3.29. The first-order valence-electron chi connectivity index (χ1n) is 5.28. The van der Waals surface area contributed by atoms with Gasteiger partial charge in [-0.3, -0.25) is 0 Å². The molecule has 1 aromatic carbocycles. The highest BCUT2D eigenvalue weighted by Crippen LogP contribution is 2.39. The molecular weight excluding hydrogens is 245 g/mol. The van der Waals surface area contributed by atoms with Crippen LogP contribution in [-0.4, -0.2) is 12.7 Å². The quantitative estimate of drug-likeness (QED) is 0.838. The number of halogens is 2. The molecule has 0 aliphatic carbocycles. The molecule has 0 bridgehead atoms. The summed E-state index contributed by atoms with van der Waals surface area (Å²) in [5, 5.41) is 3.12. The van der Waals surface area contributed by atoms with Crippen LogP contribution in [0.4, 0.5) is 9.18 Å². The van der Waals surface area contributed by atoms with Crippen LogP contribution in [0.2, 0.25) is 5.02 Å². The van der Waals surface area contributed by atoms with Crippen LogP contribution < -0.4 is 5.32 Å². The standard InChI is InChI=1S/C12H13ClFNO2/c1-12(2)6-17-11(16)15-10(12)8-5-7(14)3-4-9(8)13/h3-5,10H,6H2,1-2H3,(H,15,16)/t10-/m0/s1. The summed E-state index contributed by atoms with van der Waals surface area (Å²) in [7, 11) is 0. The molecule has 0 radical (unpaired) electrons. The molecule has 1 aliphatic rings. The van der Waals surface area contributed by atoms with E-state index >= 15 is 0 Å². The highest BCUT2D eigenvalue weighted by atomic mass is 35.5. The van der Waals surface area contributed by atoms with E-state index in [-0.39, 0.29) is 23.9 Å². The van der Waals surface area contributed by atoms with Gasteiger partial charge in [0.25, 0.3) is 0 Å². The molecular formula is C12H13ClFNO2. The molecule has 2 rings (SSSR count). The van der Waals surface area contributed by atoms with Crippen molar-refractivity contribution in [3.05, 3.63) is 34.6 Å². The summed E-state index contributed by atoms with van der Waals surface area (Å²) in [5.74, 6) is -0.374. The summed E-state index contributed by atoms with van der Waals surface area (Å²) >= 11 is 6.05. The molecule has 17 heavy (non-hydrogen) atoms. The van der Waals surface area contributed by atoms with Gasteiger partial charge in [0, 0.05) is 10.4 Å². The van der Waals surface area contributed by atoms with Crippen LogP contribution in [-0.2, 0) is 4.74 Å². The van der Waals surface area contributed by atoms with Crippen molar-refractivity contribution in [3.8, 4) is 0 Å². The van der Waals surface area contributed by atoms with Crippen LogP contribution in [0, 0.1) is 11.2 Å². The Balaban J connectivity index is 2.42. The number of carbonyl (C=O) groups is 1.